The Labute approximate surface area is 131 Å². The summed E-state index contributed by atoms with van der Waals surface area (Å²) in [5, 5.41) is 9.80. The first-order chi connectivity index (χ1) is 11.0. The Balaban J connectivity index is 1.71. The SMILES string of the molecule is CC(=O)c1c(O)oc2c1C(=O)CC(c1ccc3c(c1)OCO3)C2. The number of aromatic hydroxyl groups is 1. The monoisotopic (exact) mass is 314 g/mol. The molecule has 6 heteroatoms. The number of ether oxygens (including phenoxy) is 2. The van der Waals surface area contributed by atoms with Crippen molar-refractivity contribution < 1.29 is 28.6 Å². The second kappa shape index (κ2) is 4.87. The third kappa shape index (κ3) is 2.10. The standard InChI is InChI=1S/C17H14O6/c1-8(18)15-16-11(19)4-10(6-14(16)23-17(15)20)9-2-3-12-13(5-9)22-7-21-12/h2-3,5,10,20H,4,6-7H2,1H3. The minimum atomic E-state index is -0.470. The Hall–Kier alpha value is -2.76. The molecule has 1 aliphatic carbocycles. The Morgan fingerprint density at radius 3 is 2.78 bits per heavy atom. The van der Waals surface area contributed by atoms with Gasteiger partial charge in [-0.15, -0.1) is 0 Å². The third-order valence-electron chi connectivity index (χ3n) is 4.33. The van der Waals surface area contributed by atoms with Crippen LogP contribution < -0.4 is 9.47 Å². The first-order valence-corrected chi connectivity index (χ1v) is 7.33. The first kappa shape index (κ1) is 13.9. The Kier molecular flexibility index (Phi) is 2.94. The molecule has 23 heavy (non-hydrogen) atoms. The maximum atomic E-state index is 12.5. The number of furan rings is 1. The van der Waals surface area contributed by atoms with Crippen LogP contribution in [0.3, 0.4) is 0 Å². The number of hydrogen-bond acceptors (Lipinski definition) is 6. The number of Topliss-reactive ketones (excluding diaryl/α,β-unsaturated/α-hetero) is 2. The van der Waals surface area contributed by atoms with E-state index in [4.69, 9.17) is 13.9 Å². The lowest BCUT2D eigenvalue weighted by molar-refractivity contribution is 0.0945. The van der Waals surface area contributed by atoms with E-state index in [2.05, 4.69) is 0 Å². The molecule has 1 atom stereocenters. The van der Waals surface area contributed by atoms with Crippen LogP contribution in [0.2, 0.25) is 0 Å². The van der Waals surface area contributed by atoms with Crippen LogP contribution in [0.25, 0.3) is 0 Å². The fraction of sp³-hybridized carbons (Fsp3) is 0.294. The highest BCUT2D eigenvalue weighted by molar-refractivity contribution is 6.10. The fourth-order valence-electron chi connectivity index (χ4n) is 3.25. The van der Waals surface area contributed by atoms with Crippen LogP contribution in [0.1, 0.15) is 51.3 Å². The fourth-order valence-corrected chi connectivity index (χ4v) is 3.25. The lowest BCUT2D eigenvalue weighted by Crippen LogP contribution is -2.19. The molecule has 0 radical (unpaired) electrons. The van der Waals surface area contributed by atoms with Crippen molar-refractivity contribution in [1.82, 2.24) is 0 Å². The second-order valence-corrected chi connectivity index (χ2v) is 5.78. The van der Waals surface area contributed by atoms with E-state index in [-0.39, 0.29) is 41.8 Å². The summed E-state index contributed by atoms with van der Waals surface area (Å²) in [6, 6.07) is 5.57. The molecule has 2 aliphatic rings. The van der Waals surface area contributed by atoms with Gasteiger partial charge in [-0.2, -0.15) is 0 Å². The van der Waals surface area contributed by atoms with Gasteiger partial charge in [0.05, 0.1) is 5.56 Å². The topological polar surface area (TPSA) is 86.0 Å². The summed E-state index contributed by atoms with van der Waals surface area (Å²) in [6.07, 6.45) is 0.702. The molecule has 1 aromatic carbocycles. The number of carbonyl (C=O) groups is 2. The number of ketones is 2. The molecule has 0 amide bonds. The molecule has 4 rings (SSSR count). The van der Waals surface area contributed by atoms with Crippen LogP contribution in [0.5, 0.6) is 17.4 Å². The van der Waals surface area contributed by atoms with Gasteiger partial charge in [0, 0.05) is 12.8 Å². The highest BCUT2D eigenvalue weighted by atomic mass is 16.7. The number of hydrogen-bond donors (Lipinski definition) is 1. The smallest absolute Gasteiger partial charge is 0.294 e. The number of fused-ring (bicyclic) bond motifs is 2. The molecule has 6 nitrogen and oxygen atoms in total. The Morgan fingerprint density at radius 2 is 2.00 bits per heavy atom. The zero-order chi connectivity index (χ0) is 16.1. The van der Waals surface area contributed by atoms with Gasteiger partial charge in [-0.1, -0.05) is 6.07 Å². The van der Waals surface area contributed by atoms with Gasteiger partial charge in [-0.3, -0.25) is 9.59 Å². The number of benzene rings is 1. The van der Waals surface area contributed by atoms with E-state index in [0.717, 1.165) is 5.56 Å². The van der Waals surface area contributed by atoms with Gasteiger partial charge in [-0.25, -0.2) is 0 Å². The summed E-state index contributed by atoms with van der Waals surface area (Å²) in [4.78, 5) is 24.1. The van der Waals surface area contributed by atoms with Crippen molar-refractivity contribution in [3.05, 3.63) is 40.6 Å². The Bertz CT molecular complexity index is 832. The van der Waals surface area contributed by atoms with Crippen molar-refractivity contribution in [3.63, 3.8) is 0 Å². The van der Waals surface area contributed by atoms with Gasteiger partial charge in [0.2, 0.25) is 6.79 Å². The number of carbonyl (C=O) groups excluding carboxylic acids is 2. The highest BCUT2D eigenvalue weighted by Crippen LogP contribution is 2.42. The lowest BCUT2D eigenvalue weighted by atomic mass is 9.81. The minimum Gasteiger partial charge on any atom is -0.480 e. The summed E-state index contributed by atoms with van der Waals surface area (Å²) in [7, 11) is 0. The first-order valence-electron chi connectivity index (χ1n) is 7.33. The van der Waals surface area contributed by atoms with E-state index in [1.165, 1.54) is 6.92 Å². The van der Waals surface area contributed by atoms with Crippen molar-refractivity contribution >= 4 is 11.6 Å². The summed E-state index contributed by atoms with van der Waals surface area (Å²) in [6.45, 7) is 1.50. The molecule has 0 saturated carbocycles. The zero-order valence-corrected chi connectivity index (χ0v) is 12.4. The molecular formula is C17H14O6. The maximum Gasteiger partial charge on any atom is 0.294 e. The van der Waals surface area contributed by atoms with Crippen LogP contribution in [0.15, 0.2) is 22.6 Å². The molecule has 0 bridgehead atoms. The van der Waals surface area contributed by atoms with Gasteiger partial charge in [0.25, 0.3) is 5.95 Å². The quantitative estimate of drug-likeness (QED) is 0.858. The summed E-state index contributed by atoms with van der Waals surface area (Å²) in [5.74, 6) is 0.591. The summed E-state index contributed by atoms with van der Waals surface area (Å²) < 4.78 is 15.9. The summed E-state index contributed by atoms with van der Waals surface area (Å²) >= 11 is 0. The van der Waals surface area contributed by atoms with Crippen molar-refractivity contribution in [3.8, 4) is 17.4 Å². The van der Waals surface area contributed by atoms with E-state index in [1.54, 1.807) is 0 Å². The van der Waals surface area contributed by atoms with Gasteiger partial charge >= 0.3 is 0 Å². The second-order valence-electron chi connectivity index (χ2n) is 5.78. The van der Waals surface area contributed by atoms with Gasteiger partial charge in [0.15, 0.2) is 23.1 Å². The van der Waals surface area contributed by atoms with E-state index in [9.17, 15) is 14.7 Å². The van der Waals surface area contributed by atoms with Crippen molar-refractivity contribution in [2.45, 2.75) is 25.7 Å². The Morgan fingerprint density at radius 1 is 1.22 bits per heavy atom. The van der Waals surface area contributed by atoms with Gasteiger partial charge < -0.3 is 19.0 Å². The van der Waals surface area contributed by atoms with Crippen LogP contribution in [-0.4, -0.2) is 23.5 Å². The molecule has 118 valence electrons. The average Bonchev–Trinajstić information content (AvgIpc) is 3.09. The molecule has 2 heterocycles. The molecule has 0 spiro atoms. The minimum absolute atomic E-state index is 0.00543. The van der Waals surface area contributed by atoms with Crippen molar-refractivity contribution in [1.29, 1.82) is 0 Å². The van der Waals surface area contributed by atoms with Gasteiger partial charge in [-0.05, 0) is 30.5 Å². The number of rotatable bonds is 2. The van der Waals surface area contributed by atoms with E-state index in [0.29, 0.717) is 23.7 Å². The van der Waals surface area contributed by atoms with Crippen molar-refractivity contribution in [2.75, 3.05) is 6.79 Å². The molecule has 0 saturated heterocycles. The lowest BCUT2D eigenvalue weighted by Gasteiger charge is -2.21. The highest BCUT2D eigenvalue weighted by Gasteiger charge is 2.35. The van der Waals surface area contributed by atoms with Crippen LogP contribution in [0.4, 0.5) is 0 Å². The largest absolute Gasteiger partial charge is 0.480 e. The van der Waals surface area contributed by atoms with E-state index >= 15 is 0 Å². The van der Waals surface area contributed by atoms with E-state index in [1.807, 2.05) is 18.2 Å². The normalized spacial score (nSPS) is 18.8. The molecule has 1 aliphatic heterocycles. The molecular weight excluding hydrogens is 300 g/mol. The zero-order valence-electron chi connectivity index (χ0n) is 12.4. The molecule has 1 unspecified atom stereocenters. The molecule has 1 aromatic heterocycles. The van der Waals surface area contributed by atoms with Gasteiger partial charge in [0.1, 0.15) is 11.3 Å². The molecule has 1 N–H and O–H groups in total. The predicted molar refractivity (Wildman–Crippen MR) is 78.3 cm³/mol. The molecule has 0 fully saturated rings. The summed E-state index contributed by atoms with van der Waals surface area (Å²) in [5.41, 5.74) is 1.16. The van der Waals surface area contributed by atoms with Crippen LogP contribution in [0, 0.1) is 0 Å². The maximum absolute atomic E-state index is 12.5. The van der Waals surface area contributed by atoms with Crippen LogP contribution in [-0.2, 0) is 6.42 Å². The predicted octanol–water partition coefficient (Wildman–Crippen LogP) is 2.83. The van der Waals surface area contributed by atoms with Crippen LogP contribution >= 0.6 is 0 Å². The average molecular weight is 314 g/mol. The third-order valence-corrected chi connectivity index (χ3v) is 4.33. The van der Waals surface area contributed by atoms with E-state index < -0.39 is 5.95 Å². The molecule has 2 aromatic rings. The van der Waals surface area contributed by atoms with Crippen molar-refractivity contribution in [2.24, 2.45) is 0 Å².